The number of carbonyl (C=O) groups excluding carboxylic acids is 2. The van der Waals surface area contributed by atoms with E-state index in [0.29, 0.717) is 31.1 Å². The van der Waals surface area contributed by atoms with Crippen LogP contribution in [0.1, 0.15) is 56.3 Å². The molecule has 2 bridgehead atoms. The Balaban J connectivity index is 1.46. The fourth-order valence-corrected chi connectivity index (χ4v) is 5.38. The van der Waals surface area contributed by atoms with Gasteiger partial charge in [-0.25, -0.2) is 4.98 Å². The van der Waals surface area contributed by atoms with Crippen molar-refractivity contribution in [2.45, 2.75) is 51.6 Å². The molecule has 1 spiro atoms. The minimum atomic E-state index is -0.503. The van der Waals surface area contributed by atoms with Gasteiger partial charge in [-0.2, -0.15) is 0 Å². The van der Waals surface area contributed by atoms with Crippen molar-refractivity contribution >= 4 is 17.6 Å². The molecular weight excluding hydrogens is 356 g/mol. The molecule has 1 aromatic rings. The van der Waals surface area contributed by atoms with Gasteiger partial charge in [-0.3, -0.25) is 9.59 Å². The molecule has 0 aromatic carbocycles. The Kier molecular flexibility index (Phi) is 5.04. The molecule has 4 aliphatic rings. The number of ether oxygens (including phenoxy) is 1. The van der Waals surface area contributed by atoms with E-state index >= 15 is 0 Å². The molecule has 3 saturated carbocycles. The average molecular weight is 386 g/mol. The second-order valence-electron chi connectivity index (χ2n) is 8.65. The van der Waals surface area contributed by atoms with Crippen molar-refractivity contribution in [2.24, 2.45) is 17.3 Å². The summed E-state index contributed by atoms with van der Waals surface area (Å²) in [4.78, 5) is 30.0. The first kappa shape index (κ1) is 19.2. The number of anilines is 1. The maximum Gasteiger partial charge on any atom is 0.256 e. The lowest BCUT2D eigenvalue weighted by Crippen LogP contribution is -2.70. The van der Waals surface area contributed by atoms with Gasteiger partial charge < -0.3 is 20.7 Å². The van der Waals surface area contributed by atoms with Crippen LogP contribution in [0.4, 0.5) is 5.82 Å². The Labute approximate surface area is 166 Å². The van der Waals surface area contributed by atoms with Gasteiger partial charge >= 0.3 is 0 Å². The van der Waals surface area contributed by atoms with Gasteiger partial charge in [-0.15, -0.1) is 0 Å². The molecule has 4 unspecified atom stereocenters. The van der Waals surface area contributed by atoms with E-state index in [0.717, 1.165) is 32.1 Å². The van der Waals surface area contributed by atoms with Gasteiger partial charge in [0, 0.05) is 37.8 Å². The summed E-state index contributed by atoms with van der Waals surface area (Å²) >= 11 is 0. The van der Waals surface area contributed by atoms with Gasteiger partial charge in [0.15, 0.2) is 0 Å². The van der Waals surface area contributed by atoms with Crippen LogP contribution in [0.5, 0.6) is 0 Å². The van der Waals surface area contributed by atoms with Crippen LogP contribution >= 0.6 is 0 Å². The zero-order chi connectivity index (χ0) is 19.8. The molecule has 0 radical (unpaired) electrons. The molecule has 1 aliphatic heterocycles. The summed E-state index contributed by atoms with van der Waals surface area (Å²) in [7, 11) is 0. The minimum absolute atomic E-state index is 0.0206. The molecule has 3 aliphatic carbocycles. The number of hydrogen-bond acceptors (Lipinski definition) is 5. The third-order valence-electron chi connectivity index (χ3n) is 6.82. The Morgan fingerprint density at radius 1 is 1.43 bits per heavy atom. The van der Waals surface area contributed by atoms with Crippen molar-refractivity contribution in [3.05, 3.63) is 23.9 Å². The second kappa shape index (κ2) is 7.35. The second-order valence-corrected chi connectivity index (χ2v) is 8.65. The molecule has 7 nitrogen and oxygen atoms in total. The normalized spacial score (nSPS) is 33.1. The topological polar surface area (TPSA) is 92.4 Å². The first-order valence-corrected chi connectivity index (χ1v) is 10.4. The number of pyridine rings is 1. The standard InChI is InChI=1S/C21H30N4O3/c1-3-28-11-5-10-23-19(27)16-12-14-7-8-20(16,2)13-21(14)24-17-15(18(26)25-21)6-4-9-22-17/h4,6,9,14,16H,3,5,7-8,10-13H2,1-2H3,(H,22,24)(H,23,27)(H,25,26). The average Bonchev–Trinajstić information content (AvgIpc) is 2.67. The van der Waals surface area contributed by atoms with Gasteiger partial charge in [-0.05, 0) is 56.6 Å². The number of amides is 2. The number of fused-ring (bicyclic) bond motifs is 3. The molecule has 2 amide bonds. The highest BCUT2D eigenvalue weighted by molar-refractivity contribution is 6.01. The quantitative estimate of drug-likeness (QED) is 0.653. The van der Waals surface area contributed by atoms with E-state index in [1.807, 2.05) is 6.92 Å². The van der Waals surface area contributed by atoms with Crippen molar-refractivity contribution < 1.29 is 14.3 Å². The van der Waals surface area contributed by atoms with Gasteiger partial charge in [0.1, 0.15) is 11.5 Å². The van der Waals surface area contributed by atoms with Crippen LogP contribution in [-0.4, -0.2) is 42.2 Å². The van der Waals surface area contributed by atoms with Crippen LogP contribution in [0, 0.1) is 17.3 Å². The predicted molar refractivity (Wildman–Crippen MR) is 106 cm³/mol. The van der Waals surface area contributed by atoms with Crippen molar-refractivity contribution in [1.29, 1.82) is 0 Å². The Bertz CT molecular complexity index is 770. The highest BCUT2D eigenvalue weighted by atomic mass is 16.5. The highest BCUT2D eigenvalue weighted by Crippen LogP contribution is 2.58. The highest BCUT2D eigenvalue weighted by Gasteiger charge is 2.60. The van der Waals surface area contributed by atoms with Crippen molar-refractivity contribution in [1.82, 2.24) is 15.6 Å². The van der Waals surface area contributed by atoms with Gasteiger partial charge in [0.2, 0.25) is 5.91 Å². The van der Waals surface area contributed by atoms with Crippen LogP contribution in [0.3, 0.4) is 0 Å². The summed E-state index contributed by atoms with van der Waals surface area (Å²) in [5.41, 5.74) is -0.0639. The number of nitrogens with zero attached hydrogens (tertiary/aromatic N) is 1. The lowest BCUT2D eigenvalue weighted by Gasteiger charge is -2.60. The fraction of sp³-hybridized carbons (Fsp3) is 0.667. The van der Waals surface area contributed by atoms with E-state index in [1.54, 1.807) is 18.3 Å². The van der Waals surface area contributed by atoms with E-state index < -0.39 is 5.66 Å². The van der Waals surface area contributed by atoms with Gasteiger partial charge in [-0.1, -0.05) is 6.92 Å². The smallest absolute Gasteiger partial charge is 0.256 e. The van der Waals surface area contributed by atoms with Gasteiger partial charge in [0.05, 0.1) is 5.56 Å². The summed E-state index contributed by atoms with van der Waals surface area (Å²) in [5, 5.41) is 9.86. The predicted octanol–water partition coefficient (Wildman–Crippen LogP) is 2.30. The lowest BCUT2D eigenvalue weighted by atomic mass is 9.51. The molecule has 28 heavy (non-hydrogen) atoms. The van der Waals surface area contributed by atoms with Crippen LogP contribution < -0.4 is 16.0 Å². The molecule has 0 saturated heterocycles. The van der Waals surface area contributed by atoms with Crippen molar-refractivity contribution in [3.63, 3.8) is 0 Å². The molecule has 3 fully saturated rings. The number of carbonyl (C=O) groups is 2. The van der Waals surface area contributed by atoms with Gasteiger partial charge in [0.25, 0.3) is 5.91 Å². The largest absolute Gasteiger partial charge is 0.382 e. The summed E-state index contributed by atoms with van der Waals surface area (Å²) < 4.78 is 5.34. The van der Waals surface area contributed by atoms with E-state index in [1.165, 1.54) is 0 Å². The lowest BCUT2D eigenvalue weighted by molar-refractivity contribution is -0.139. The Morgan fingerprint density at radius 2 is 2.29 bits per heavy atom. The Hall–Kier alpha value is -2.15. The van der Waals surface area contributed by atoms with Crippen LogP contribution in [0.2, 0.25) is 0 Å². The molecule has 3 N–H and O–H groups in total. The van der Waals surface area contributed by atoms with E-state index in [2.05, 4.69) is 27.9 Å². The number of rotatable bonds is 6. The molecule has 152 valence electrons. The van der Waals surface area contributed by atoms with Crippen LogP contribution in [0.15, 0.2) is 18.3 Å². The van der Waals surface area contributed by atoms with Crippen LogP contribution in [0.25, 0.3) is 0 Å². The molecular formula is C21H30N4O3. The monoisotopic (exact) mass is 386 g/mol. The number of aromatic nitrogens is 1. The molecule has 2 heterocycles. The van der Waals surface area contributed by atoms with E-state index in [9.17, 15) is 9.59 Å². The summed E-state index contributed by atoms with van der Waals surface area (Å²) in [6.07, 6.45) is 6.06. The van der Waals surface area contributed by atoms with Crippen LogP contribution in [-0.2, 0) is 9.53 Å². The van der Waals surface area contributed by atoms with Crippen molar-refractivity contribution in [2.75, 3.05) is 25.1 Å². The molecule has 1 aromatic heterocycles. The third-order valence-corrected chi connectivity index (χ3v) is 6.82. The molecule has 7 heteroatoms. The summed E-state index contributed by atoms with van der Waals surface area (Å²) in [5.74, 6) is 0.911. The number of nitrogens with one attached hydrogen (secondary N) is 3. The maximum atomic E-state index is 12.9. The van der Waals surface area contributed by atoms with E-state index in [-0.39, 0.29) is 29.1 Å². The fourth-order valence-electron chi connectivity index (χ4n) is 5.38. The SMILES string of the molecule is CCOCCCNC(=O)C1CC2CCC1(C)CC21NC(=O)c2cccnc2N1. The Morgan fingerprint density at radius 3 is 3.07 bits per heavy atom. The first-order valence-electron chi connectivity index (χ1n) is 10.4. The maximum absolute atomic E-state index is 12.9. The van der Waals surface area contributed by atoms with Crippen molar-refractivity contribution in [3.8, 4) is 0 Å². The zero-order valence-electron chi connectivity index (χ0n) is 16.7. The zero-order valence-corrected chi connectivity index (χ0v) is 16.7. The number of hydrogen-bond donors (Lipinski definition) is 3. The summed E-state index contributed by atoms with van der Waals surface area (Å²) in [6, 6.07) is 3.57. The molecule has 5 rings (SSSR count). The molecule has 4 atom stereocenters. The van der Waals surface area contributed by atoms with E-state index in [4.69, 9.17) is 4.74 Å². The summed E-state index contributed by atoms with van der Waals surface area (Å²) in [6.45, 7) is 6.19. The first-order chi connectivity index (χ1) is 13.5. The minimum Gasteiger partial charge on any atom is -0.382 e. The third kappa shape index (κ3) is 3.26.